The monoisotopic (exact) mass is 496 g/mol. The fourth-order valence-electron chi connectivity index (χ4n) is 2.95. The van der Waals surface area contributed by atoms with Gasteiger partial charge in [-0.05, 0) is 52.2 Å². The lowest BCUT2D eigenvalue weighted by Crippen LogP contribution is -2.38. The molecule has 2 aromatic rings. The number of carbonyl (C=O) groups excluding carboxylic acids is 1. The molecule has 1 saturated heterocycles. The number of amides is 1. The zero-order valence-electron chi connectivity index (χ0n) is 14.4. The molecule has 0 spiro atoms. The minimum Gasteiger partial charge on any atom is -0.341 e. The smallest absolute Gasteiger partial charge is 0.341 e. The van der Waals surface area contributed by atoms with Crippen LogP contribution in [0.15, 0.2) is 44.4 Å². The number of nitrogens with one attached hydrogen (secondary N) is 1. The van der Waals surface area contributed by atoms with E-state index in [9.17, 15) is 26.4 Å². The normalized spacial score (nSPS) is 16.6. The second kappa shape index (κ2) is 8.13. The predicted octanol–water partition coefficient (Wildman–Crippen LogP) is 4.17. The molecule has 0 aliphatic carbocycles. The molecule has 28 heavy (non-hydrogen) atoms. The number of alkyl halides is 3. The lowest BCUT2D eigenvalue weighted by atomic mass is 10.0. The molecule has 2 heterocycles. The zero-order chi connectivity index (χ0) is 20.5. The molecule has 5 nitrogen and oxygen atoms in total. The van der Waals surface area contributed by atoms with Crippen LogP contribution >= 0.6 is 27.3 Å². The Labute approximate surface area is 172 Å². The van der Waals surface area contributed by atoms with Gasteiger partial charge in [0.05, 0.1) is 15.4 Å². The van der Waals surface area contributed by atoms with Crippen LogP contribution in [0.5, 0.6) is 0 Å². The molecule has 1 aliphatic heterocycles. The van der Waals surface area contributed by atoms with Crippen LogP contribution in [0.2, 0.25) is 0 Å². The van der Waals surface area contributed by atoms with Gasteiger partial charge in [-0.2, -0.15) is 13.2 Å². The summed E-state index contributed by atoms with van der Waals surface area (Å²) in [7, 11) is -3.97. The molecule has 1 atom stereocenters. The van der Waals surface area contributed by atoms with Crippen molar-refractivity contribution < 1.29 is 26.4 Å². The number of hydrogen-bond donors (Lipinski definition) is 1. The number of thiophene rings is 1. The van der Waals surface area contributed by atoms with E-state index in [1.54, 1.807) is 6.07 Å². The van der Waals surface area contributed by atoms with Gasteiger partial charge in [-0.25, -0.2) is 13.1 Å². The standard InChI is InChI=1S/C17H16BrF3N2O3S2/c18-14-6-7-16(27-14)28(25,26)22-13(10-23-8-2-5-15(23)24)11-3-1-4-12(9-11)17(19,20)21/h1,3-4,6-7,9,13,22H,2,5,8,10H2. The van der Waals surface area contributed by atoms with Gasteiger partial charge in [0.2, 0.25) is 5.91 Å². The summed E-state index contributed by atoms with van der Waals surface area (Å²) in [4.78, 5) is 13.4. The van der Waals surface area contributed by atoms with E-state index in [0.29, 0.717) is 23.2 Å². The molecule has 1 aromatic carbocycles. The van der Waals surface area contributed by atoms with Crippen LogP contribution < -0.4 is 4.72 Å². The molecule has 11 heteroatoms. The van der Waals surface area contributed by atoms with Crippen LogP contribution in [-0.4, -0.2) is 32.3 Å². The van der Waals surface area contributed by atoms with Crippen LogP contribution in [0.4, 0.5) is 13.2 Å². The Balaban J connectivity index is 1.94. The highest BCUT2D eigenvalue weighted by Gasteiger charge is 2.33. The van der Waals surface area contributed by atoms with Gasteiger partial charge < -0.3 is 4.90 Å². The number of benzene rings is 1. The highest BCUT2D eigenvalue weighted by Crippen LogP contribution is 2.32. The van der Waals surface area contributed by atoms with E-state index in [0.717, 1.165) is 23.5 Å². The third-order valence-corrected chi connectivity index (χ3v) is 7.89. The molecule has 1 aliphatic rings. The molecule has 1 unspecified atom stereocenters. The molecular formula is C17H16BrF3N2O3S2. The lowest BCUT2D eigenvalue weighted by Gasteiger charge is -2.25. The summed E-state index contributed by atoms with van der Waals surface area (Å²) in [6.45, 7) is 0.409. The van der Waals surface area contributed by atoms with Gasteiger partial charge in [0, 0.05) is 19.5 Å². The van der Waals surface area contributed by atoms with E-state index in [1.165, 1.54) is 23.1 Å². The number of rotatable bonds is 6. The van der Waals surface area contributed by atoms with Gasteiger partial charge in [0.1, 0.15) is 4.21 Å². The van der Waals surface area contributed by atoms with Gasteiger partial charge in [-0.15, -0.1) is 11.3 Å². The first kappa shape index (κ1) is 21.3. The maximum atomic E-state index is 13.1. The Hall–Kier alpha value is -1.43. The van der Waals surface area contributed by atoms with E-state index in [4.69, 9.17) is 0 Å². The van der Waals surface area contributed by atoms with Crippen molar-refractivity contribution in [3.63, 3.8) is 0 Å². The summed E-state index contributed by atoms with van der Waals surface area (Å²) in [5.41, 5.74) is -0.727. The quantitative estimate of drug-likeness (QED) is 0.652. The minimum atomic E-state index is -4.55. The van der Waals surface area contributed by atoms with Crippen molar-refractivity contribution in [3.05, 3.63) is 51.3 Å². The predicted molar refractivity (Wildman–Crippen MR) is 102 cm³/mol. The van der Waals surface area contributed by atoms with Gasteiger partial charge in [0.15, 0.2) is 0 Å². The van der Waals surface area contributed by atoms with Crippen LogP contribution in [-0.2, 0) is 21.0 Å². The molecule has 152 valence electrons. The molecule has 1 amide bonds. The van der Waals surface area contributed by atoms with E-state index >= 15 is 0 Å². The maximum Gasteiger partial charge on any atom is 0.416 e. The van der Waals surface area contributed by atoms with Crippen LogP contribution in [0.3, 0.4) is 0 Å². The molecular weight excluding hydrogens is 481 g/mol. The minimum absolute atomic E-state index is 0.0316. The molecule has 1 fully saturated rings. The van der Waals surface area contributed by atoms with Gasteiger partial charge in [-0.3, -0.25) is 4.79 Å². The number of sulfonamides is 1. The summed E-state index contributed by atoms with van der Waals surface area (Å²) >= 11 is 4.18. The summed E-state index contributed by atoms with van der Waals surface area (Å²) in [6, 6.07) is 6.46. The van der Waals surface area contributed by atoms with E-state index in [1.807, 2.05) is 0 Å². The maximum absolute atomic E-state index is 13.1. The van der Waals surface area contributed by atoms with Gasteiger partial charge in [-0.1, -0.05) is 12.1 Å². The average Bonchev–Trinajstić information content (AvgIpc) is 3.23. The van der Waals surface area contributed by atoms with E-state index in [2.05, 4.69) is 20.7 Å². The van der Waals surface area contributed by atoms with Crippen LogP contribution in [0.1, 0.15) is 30.0 Å². The number of halogens is 4. The fourth-order valence-corrected chi connectivity index (χ4v) is 6.19. The highest BCUT2D eigenvalue weighted by atomic mass is 79.9. The van der Waals surface area contributed by atoms with Crippen LogP contribution in [0, 0.1) is 0 Å². The molecule has 1 N–H and O–H groups in total. The van der Waals surface area contributed by atoms with Crippen molar-refractivity contribution in [1.82, 2.24) is 9.62 Å². The molecule has 3 rings (SSSR count). The van der Waals surface area contributed by atoms with Gasteiger partial charge >= 0.3 is 6.18 Å². The zero-order valence-corrected chi connectivity index (χ0v) is 17.6. The summed E-state index contributed by atoms with van der Waals surface area (Å²) in [6.07, 6.45) is -3.57. The summed E-state index contributed by atoms with van der Waals surface area (Å²) in [5, 5.41) is 0. The van der Waals surface area contributed by atoms with Crippen molar-refractivity contribution in [2.24, 2.45) is 0 Å². The van der Waals surface area contributed by atoms with Gasteiger partial charge in [0.25, 0.3) is 10.0 Å². The third kappa shape index (κ3) is 4.94. The molecule has 0 radical (unpaired) electrons. The SMILES string of the molecule is O=C1CCCN1CC(NS(=O)(=O)c1ccc(Br)s1)c1cccc(C(F)(F)F)c1. The first-order valence-electron chi connectivity index (χ1n) is 8.29. The van der Waals surface area contributed by atoms with E-state index < -0.39 is 27.8 Å². The Morgan fingerprint density at radius 2 is 2.00 bits per heavy atom. The Bertz CT molecular complexity index is 976. The first-order chi connectivity index (χ1) is 13.1. The van der Waals surface area contributed by atoms with Crippen LogP contribution in [0.25, 0.3) is 0 Å². The molecule has 1 aromatic heterocycles. The Kier molecular flexibility index (Phi) is 6.18. The number of hydrogen-bond acceptors (Lipinski definition) is 4. The first-order valence-corrected chi connectivity index (χ1v) is 11.4. The van der Waals surface area contributed by atoms with Crippen molar-refractivity contribution in [2.45, 2.75) is 29.3 Å². The number of nitrogens with zero attached hydrogens (tertiary/aromatic N) is 1. The van der Waals surface area contributed by atoms with Crippen molar-refractivity contribution in [3.8, 4) is 0 Å². The number of carbonyl (C=O) groups is 1. The highest BCUT2D eigenvalue weighted by molar-refractivity contribution is 9.11. The third-order valence-electron chi connectivity index (χ3n) is 4.30. The molecule has 0 bridgehead atoms. The topological polar surface area (TPSA) is 66.5 Å². The van der Waals surface area contributed by atoms with Crippen molar-refractivity contribution in [2.75, 3.05) is 13.1 Å². The summed E-state index contributed by atoms with van der Waals surface area (Å²) < 4.78 is 67.8. The largest absolute Gasteiger partial charge is 0.416 e. The average molecular weight is 497 g/mol. The second-order valence-electron chi connectivity index (χ2n) is 6.30. The Morgan fingerprint density at radius 1 is 1.25 bits per heavy atom. The van der Waals surface area contributed by atoms with Crippen molar-refractivity contribution in [1.29, 1.82) is 0 Å². The lowest BCUT2D eigenvalue weighted by molar-refractivity contribution is -0.137. The number of likely N-dealkylation sites (tertiary alicyclic amines) is 1. The van der Waals surface area contributed by atoms with E-state index in [-0.39, 0.29) is 22.2 Å². The fraction of sp³-hybridized carbons (Fsp3) is 0.353. The second-order valence-corrected chi connectivity index (χ2v) is 10.7. The molecule has 0 saturated carbocycles. The van der Waals surface area contributed by atoms with Crippen molar-refractivity contribution >= 4 is 43.2 Å². The summed E-state index contributed by atoms with van der Waals surface area (Å²) in [5.74, 6) is -0.143. The Morgan fingerprint density at radius 3 is 2.57 bits per heavy atom.